The molecule has 2 aromatic carbocycles. The second kappa shape index (κ2) is 8.68. The molecule has 0 unspecified atom stereocenters. The van der Waals surface area contributed by atoms with Crippen LogP contribution in [-0.2, 0) is 28.9 Å². The van der Waals surface area contributed by atoms with E-state index in [9.17, 15) is 9.59 Å². The van der Waals surface area contributed by atoms with Gasteiger partial charge >= 0.3 is 6.03 Å². The maximum absolute atomic E-state index is 13.9. The van der Waals surface area contributed by atoms with Crippen molar-refractivity contribution in [1.29, 1.82) is 0 Å². The van der Waals surface area contributed by atoms with Gasteiger partial charge in [0.1, 0.15) is 5.54 Å². The van der Waals surface area contributed by atoms with Crippen LogP contribution in [0.4, 0.5) is 4.79 Å². The number of benzene rings is 2. The van der Waals surface area contributed by atoms with Crippen LogP contribution in [0.3, 0.4) is 0 Å². The van der Waals surface area contributed by atoms with Crippen molar-refractivity contribution in [3.8, 4) is 0 Å². The second-order valence-electron chi connectivity index (χ2n) is 9.23. The molecular weight excluding hydrogens is 402 g/mol. The first-order chi connectivity index (χ1) is 15.6. The van der Waals surface area contributed by atoms with Crippen LogP contribution in [0.15, 0.2) is 54.6 Å². The van der Waals surface area contributed by atoms with Crippen molar-refractivity contribution in [3.05, 3.63) is 71.3 Å². The Balaban J connectivity index is 1.35. The molecule has 0 bridgehead atoms. The number of carbonyl (C=O) groups excluding carboxylic acids is 2. The highest BCUT2D eigenvalue weighted by Crippen LogP contribution is 2.40. The zero-order valence-electron chi connectivity index (χ0n) is 18.7. The standard InChI is InChI=1S/C26H31N3O3/c1-32-16-15-28-25(31)29(23-17-21-9-5-6-10-22(21)18-23)24(30)26(28)11-13-27(14-12-26)19-20-7-3-2-4-8-20/h2-10,23H,11-19H2,1H3. The minimum atomic E-state index is -0.739. The number of hydrogen-bond donors (Lipinski definition) is 0. The molecule has 0 saturated carbocycles. The number of rotatable bonds is 6. The topological polar surface area (TPSA) is 53.1 Å². The summed E-state index contributed by atoms with van der Waals surface area (Å²) in [6, 6.07) is 18.5. The van der Waals surface area contributed by atoms with Gasteiger partial charge in [0.25, 0.3) is 5.91 Å². The van der Waals surface area contributed by atoms with Gasteiger partial charge in [-0.05, 0) is 42.4 Å². The first kappa shape index (κ1) is 21.2. The quantitative estimate of drug-likeness (QED) is 0.657. The molecule has 2 saturated heterocycles. The van der Waals surface area contributed by atoms with Crippen LogP contribution in [0.1, 0.15) is 29.5 Å². The molecule has 0 radical (unpaired) electrons. The molecule has 3 aliphatic rings. The van der Waals surface area contributed by atoms with Gasteiger partial charge < -0.3 is 9.64 Å². The largest absolute Gasteiger partial charge is 0.383 e. The third-order valence-electron chi connectivity index (χ3n) is 7.42. The van der Waals surface area contributed by atoms with Gasteiger partial charge in [-0.1, -0.05) is 54.6 Å². The van der Waals surface area contributed by atoms with E-state index >= 15 is 0 Å². The molecule has 5 rings (SSSR count). The summed E-state index contributed by atoms with van der Waals surface area (Å²) in [5.74, 6) is -0.00392. The lowest BCUT2D eigenvalue weighted by Gasteiger charge is -2.42. The number of hydrogen-bond acceptors (Lipinski definition) is 4. The van der Waals surface area contributed by atoms with Gasteiger partial charge in [-0.2, -0.15) is 0 Å². The number of amides is 3. The number of likely N-dealkylation sites (tertiary alicyclic amines) is 1. The molecule has 1 spiro atoms. The van der Waals surface area contributed by atoms with E-state index in [-0.39, 0.29) is 18.0 Å². The van der Waals surface area contributed by atoms with E-state index in [4.69, 9.17) is 4.74 Å². The van der Waals surface area contributed by atoms with Gasteiger partial charge in [0.15, 0.2) is 0 Å². The SMILES string of the molecule is COCCN1C(=O)N(C2Cc3ccccc3C2)C(=O)C12CCN(Cc1ccccc1)CC2. The number of fused-ring (bicyclic) bond motifs is 1. The Morgan fingerprint density at radius 1 is 0.938 bits per heavy atom. The monoisotopic (exact) mass is 433 g/mol. The molecule has 6 heteroatoms. The maximum Gasteiger partial charge on any atom is 0.328 e. The van der Waals surface area contributed by atoms with Crippen molar-refractivity contribution in [2.24, 2.45) is 0 Å². The summed E-state index contributed by atoms with van der Waals surface area (Å²) in [6.45, 7) is 3.37. The van der Waals surface area contributed by atoms with Gasteiger partial charge in [0.05, 0.1) is 6.61 Å². The van der Waals surface area contributed by atoms with E-state index in [1.165, 1.54) is 16.7 Å². The number of urea groups is 1. The number of piperidine rings is 1. The van der Waals surface area contributed by atoms with Gasteiger partial charge in [-0.25, -0.2) is 4.79 Å². The Kier molecular flexibility index (Phi) is 5.74. The average Bonchev–Trinajstić information content (AvgIpc) is 3.32. The lowest BCUT2D eigenvalue weighted by atomic mass is 9.85. The summed E-state index contributed by atoms with van der Waals surface area (Å²) in [5, 5.41) is 0. The van der Waals surface area contributed by atoms with Crippen molar-refractivity contribution >= 4 is 11.9 Å². The Bertz CT molecular complexity index is 960. The predicted molar refractivity (Wildman–Crippen MR) is 122 cm³/mol. The van der Waals surface area contributed by atoms with E-state index < -0.39 is 5.54 Å². The lowest BCUT2D eigenvalue weighted by molar-refractivity contribution is -0.137. The normalized spacial score (nSPS) is 21.0. The van der Waals surface area contributed by atoms with Crippen LogP contribution in [0, 0.1) is 0 Å². The fourth-order valence-electron chi connectivity index (χ4n) is 5.68. The van der Waals surface area contributed by atoms with Crippen LogP contribution in [0.5, 0.6) is 0 Å². The Morgan fingerprint density at radius 3 is 2.19 bits per heavy atom. The number of carbonyl (C=O) groups is 2. The Hall–Kier alpha value is -2.70. The summed E-state index contributed by atoms with van der Waals surface area (Å²) >= 11 is 0. The first-order valence-corrected chi connectivity index (χ1v) is 11.6. The van der Waals surface area contributed by atoms with Crippen molar-refractivity contribution in [3.63, 3.8) is 0 Å². The molecular formula is C26H31N3O3. The number of nitrogens with zero attached hydrogens (tertiary/aromatic N) is 3. The highest BCUT2D eigenvalue weighted by Gasteiger charge is 2.59. The molecule has 1 aliphatic carbocycles. The first-order valence-electron chi connectivity index (χ1n) is 11.6. The molecule has 0 N–H and O–H groups in total. The van der Waals surface area contributed by atoms with Crippen molar-refractivity contribution < 1.29 is 14.3 Å². The zero-order valence-corrected chi connectivity index (χ0v) is 18.7. The van der Waals surface area contributed by atoms with Gasteiger partial charge in [-0.15, -0.1) is 0 Å². The summed E-state index contributed by atoms with van der Waals surface area (Å²) in [6.07, 6.45) is 2.85. The maximum atomic E-state index is 13.9. The van der Waals surface area contributed by atoms with Gasteiger partial charge in [0, 0.05) is 39.3 Å². The summed E-state index contributed by atoms with van der Waals surface area (Å²) < 4.78 is 5.30. The van der Waals surface area contributed by atoms with Crippen LogP contribution in [0.25, 0.3) is 0 Å². The summed E-state index contributed by atoms with van der Waals surface area (Å²) in [4.78, 5) is 33.2. The zero-order chi connectivity index (χ0) is 22.1. The van der Waals surface area contributed by atoms with Crippen LogP contribution >= 0.6 is 0 Å². The molecule has 6 nitrogen and oxygen atoms in total. The number of methoxy groups -OCH3 is 1. The van der Waals surface area contributed by atoms with E-state index in [0.29, 0.717) is 26.0 Å². The van der Waals surface area contributed by atoms with Crippen LogP contribution < -0.4 is 0 Å². The highest BCUT2D eigenvalue weighted by molar-refractivity contribution is 6.07. The minimum Gasteiger partial charge on any atom is -0.383 e. The van der Waals surface area contributed by atoms with Gasteiger partial charge in [-0.3, -0.25) is 14.6 Å². The highest BCUT2D eigenvalue weighted by atomic mass is 16.5. The molecule has 2 fully saturated rings. The predicted octanol–water partition coefficient (Wildman–Crippen LogP) is 3.10. The minimum absolute atomic E-state index is 0.00392. The van der Waals surface area contributed by atoms with Crippen molar-refractivity contribution in [1.82, 2.24) is 14.7 Å². The molecule has 32 heavy (non-hydrogen) atoms. The second-order valence-corrected chi connectivity index (χ2v) is 9.23. The smallest absolute Gasteiger partial charge is 0.328 e. The van der Waals surface area contributed by atoms with E-state index in [1.807, 2.05) is 23.1 Å². The Morgan fingerprint density at radius 2 is 1.56 bits per heavy atom. The number of imide groups is 1. The fourth-order valence-corrected chi connectivity index (χ4v) is 5.68. The third-order valence-corrected chi connectivity index (χ3v) is 7.42. The average molecular weight is 434 g/mol. The fraction of sp³-hybridized carbons (Fsp3) is 0.462. The van der Waals surface area contributed by atoms with E-state index in [1.54, 1.807) is 12.0 Å². The van der Waals surface area contributed by atoms with Crippen molar-refractivity contribution in [2.45, 2.75) is 43.8 Å². The Labute approximate surface area is 189 Å². The molecule has 2 aromatic rings. The summed E-state index contributed by atoms with van der Waals surface area (Å²) in [5.41, 5.74) is 3.04. The van der Waals surface area contributed by atoms with Gasteiger partial charge in [0.2, 0.25) is 0 Å². The number of ether oxygens (including phenoxy) is 1. The molecule has 3 amide bonds. The van der Waals surface area contributed by atoms with Crippen LogP contribution in [0.2, 0.25) is 0 Å². The molecule has 168 valence electrons. The van der Waals surface area contributed by atoms with E-state index in [0.717, 1.165) is 32.5 Å². The van der Waals surface area contributed by atoms with Crippen LogP contribution in [-0.4, -0.2) is 71.6 Å². The van der Waals surface area contributed by atoms with Crippen molar-refractivity contribution in [2.75, 3.05) is 33.4 Å². The van der Waals surface area contributed by atoms with E-state index in [2.05, 4.69) is 41.3 Å². The third kappa shape index (κ3) is 3.61. The molecule has 0 aromatic heterocycles. The molecule has 0 atom stereocenters. The summed E-state index contributed by atoms with van der Waals surface area (Å²) in [7, 11) is 1.64. The lowest BCUT2D eigenvalue weighted by Crippen LogP contribution is -2.57. The molecule has 2 heterocycles. The molecule has 2 aliphatic heterocycles.